The number of amides is 1. The van der Waals surface area contributed by atoms with Crippen LogP contribution in [-0.4, -0.2) is 23.7 Å². The number of aliphatic carboxylic acids is 1. The van der Waals surface area contributed by atoms with Crippen molar-refractivity contribution in [3.8, 4) is 0 Å². The molecule has 0 aliphatic heterocycles. The quantitative estimate of drug-likeness (QED) is 0.801. The van der Waals surface area contributed by atoms with Crippen LogP contribution in [0.5, 0.6) is 0 Å². The van der Waals surface area contributed by atoms with Crippen LogP contribution in [0, 0.1) is 0 Å². The second-order valence-corrected chi connectivity index (χ2v) is 3.76. The average molecular weight is 229 g/mol. The highest BCUT2D eigenvalue weighted by Gasteiger charge is 2.03. The molecule has 1 amide bonds. The van der Waals surface area contributed by atoms with Gasteiger partial charge >= 0.3 is 12.1 Å². The number of ether oxygens (including phenoxy) is 1. The number of carboxylic acid groups (broad SMARTS) is 1. The maximum atomic E-state index is 11.0. The lowest BCUT2D eigenvalue weighted by Gasteiger charge is -2.04. The molecule has 6 heteroatoms. The Kier molecular flexibility index (Phi) is 4.62. The van der Waals surface area contributed by atoms with Gasteiger partial charge in [-0.2, -0.15) is 0 Å². The minimum absolute atomic E-state index is 0.0820. The van der Waals surface area contributed by atoms with Crippen LogP contribution in [0.3, 0.4) is 0 Å². The fourth-order valence-electron chi connectivity index (χ4n) is 0.854. The van der Waals surface area contributed by atoms with Gasteiger partial charge in [0.15, 0.2) is 0 Å². The minimum atomic E-state index is -0.950. The third kappa shape index (κ3) is 5.02. The lowest BCUT2D eigenvalue weighted by molar-refractivity contribution is -0.136. The maximum Gasteiger partial charge on any atom is 0.407 e. The predicted molar refractivity (Wildman–Crippen MR) is 54.8 cm³/mol. The molecule has 0 atom stereocenters. The van der Waals surface area contributed by atoms with E-state index in [9.17, 15) is 9.59 Å². The summed E-state index contributed by atoms with van der Waals surface area (Å²) in [4.78, 5) is 22.1. The lowest BCUT2D eigenvalue weighted by atomic mass is 10.4. The second kappa shape index (κ2) is 6.02. The van der Waals surface area contributed by atoms with Crippen LogP contribution >= 0.6 is 11.3 Å². The summed E-state index contributed by atoms with van der Waals surface area (Å²) in [6.07, 6.45) is -0.696. The van der Waals surface area contributed by atoms with Crippen molar-refractivity contribution in [2.24, 2.45) is 0 Å². The zero-order valence-corrected chi connectivity index (χ0v) is 8.75. The van der Waals surface area contributed by atoms with E-state index in [1.807, 2.05) is 17.5 Å². The zero-order chi connectivity index (χ0) is 11.1. The van der Waals surface area contributed by atoms with Crippen molar-refractivity contribution in [1.82, 2.24) is 5.32 Å². The highest BCUT2D eigenvalue weighted by atomic mass is 32.1. The van der Waals surface area contributed by atoms with E-state index >= 15 is 0 Å². The average Bonchev–Trinajstić information content (AvgIpc) is 2.66. The highest BCUT2D eigenvalue weighted by Crippen LogP contribution is 2.09. The molecule has 0 spiro atoms. The maximum absolute atomic E-state index is 11.0. The van der Waals surface area contributed by atoms with E-state index in [1.54, 1.807) is 0 Å². The van der Waals surface area contributed by atoms with Gasteiger partial charge in [-0.3, -0.25) is 4.79 Å². The fourth-order valence-corrected chi connectivity index (χ4v) is 1.47. The summed E-state index contributed by atoms with van der Waals surface area (Å²) in [6, 6.07) is 3.72. The molecule has 0 saturated heterocycles. The molecule has 82 valence electrons. The normalized spacial score (nSPS) is 9.60. The summed E-state index contributed by atoms with van der Waals surface area (Å²) < 4.78 is 4.84. The summed E-state index contributed by atoms with van der Waals surface area (Å²) in [7, 11) is 0. The number of carbonyl (C=O) groups excluding carboxylic acids is 1. The molecule has 0 fully saturated rings. The monoisotopic (exact) mass is 229 g/mol. The molecule has 15 heavy (non-hydrogen) atoms. The zero-order valence-electron chi connectivity index (χ0n) is 7.93. The number of thiophene rings is 1. The van der Waals surface area contributed by atoms with Gasteiger partial charge in [-0.05, 0) is 11.4 Å². The summed E-state index contributed by atoms with van der Waals surface area (Å²) in [5, 5.41) is 12.5. The molecule has 1 aromatic rings. The number of carbonyl (C=O) groups is 2. The Labute approximate surface area is 90.7 Å². The van der Waals surface area contributed by atoms with E-state index in [2.05, 4.69) is 5.32 Å². The van der Waals surface area contributed by atoms with Crippen LogP contribution in [0.4, 0.5) is 4.79 Å². The van der Waals surface area contributed by atoms with Gasteiger partial charge in [-0.15, -0.1) is 11.3 Å². The van der Waals surface area contributed by atoms with E-state index in [0.717, 1.165) is 4.88 Å². The molecule has 0 bridgehead atoms. The van der Waals surface area contributed by atoms with Crippen LogP contribution in [0.2, 0.25) is 0 Å². The van der Waals surface area contributed by atoms with Gasteiger partial charge in [0.1, 0.15) is 6.61 Å². The van der Waals surface area contributed by atoms with Gasteiger partial charge in [0.2, 0.25) is 0 Å². The molecule has 1 aromatic heterocycles. The summed E-state index contributed by atoms with van der Waals surface area (Å²) in [5.74, 6) is -0.950. The van der Waals surface area contributed by atoms with E-state index in [4.69, 9.17) is 9.84 Å². The minimum Gasteiger partial charge on any atom is -0.481 e. The number of hydrogen-bond acceptors (Lipinski definition) is 4. The lowest BCUT2D eigenvalue weighted by Crippen LogP contribution is -2.26. The number of nitrogens with one attached hydrogen (secondary N) is 1. The van der Waals surface area contributed by atoms with Crippen LogP contribution < -0.4 is 5.32 Å². The Morgan fingerprint density at radius 2 is 2.33 bits per heavy atom. The standard InChI is InChI=1S/C9H11NO4S/c11-8(12)3-4-10-9(13)14-6-7-2-1-5-15-7/h1-2,5H,3-4,6H2,(H,10,13)(H,11,12). The smallest absolute Gasteiger partial charge is 0.407 e. The van der Waals surface area contributed by atoms with Crippen molar-refractivity contribution in [1.29, 1.82) is 0 Å². The van der Waals surface area contributed by atoms with Gasteiger partial charge in [0, 0.05) is 11.4 Å². The Morgan fingerprint density at radius 1 is 1.53 bits per heavy atom. The summed E-state index contributed by atoms with van der Waals surface area (Å²) in [5.41, 5.74) is 0. The first-order valence-electron chi connectivity index (χ1n) is 4.33. The Balaban J connectivity index is 2.11. The van der Waals surface area contributed by atoms with Crippen LogP contribution in [0.25, 0.3) is 0 Å². The fraction of sp³-hybridized carbons (Fsp3) is 0.333. The van der Waals surface area contributed by atoms with Gasteiger partial charge in [-0.1, -0.05) is 6.07 Å². The van der Waals surface area contributed by atoms with Crippen molar-refractivity contribution in [3.05, 3.63) is 22.4 Å². The van der Waals surface area contributed by atoms with E-state index in [0.29, 0.717) is 0 Å². The molecule has 1 heterocycles. The molecule has 0 saturated carbocycles. The van der Waals surface area contributed by atoms with Crippen LogP contribution in [0.1, 0.15) is 11.3 Å². The molecule has 0 unspecified atom stereocenters. The van der Waals surface area contributed by atoms with Gasteiger partial charge in [-0.25, -0.2) is 4.79 Å². The molecule has 0 radical (unpaired) electrons. The van der Waals surface area contributed by atoms with Crippen LogP contribution in [0.15, 0.2) is 17.5 Å². The molecular formula is C9H11NO4S. The van der Waals surface area contributed by atoms with E-state index in [-0.39, 0.29) is 19.6 Å². The number of carboxylic acids is 1. The van der Waals surface area contributed by atoms with E-state index < -0.39 is 12.1 Å². The van der Waals surface area contributed by atoms with Gasteiger partial charge < -0.3 is 15.2 Å². The van der Waals surface area contributed by atoms with Gasteiger partial charge in [0.25, 0.3) is 0 Å². The van der Waals surface area contributed by atoms with Crippen molar-refractivity contribution in [2.75, 3.05) is 6.54 Å². The Bertz CT molecular complexity index is 323. The SMILES string of the molecule is O=C(O)CCNC(=O)OCc1cccs1. The molecular weight excluding hydrogens is 218 g/mol. The summed E-state index contributed by atoms with van der Waals surface area (Å²) in [6.45, 7) is 0.301. The largest absolute Gasteiger partial charge is 0.481 e. The first-order valence-corrected chi connectivity index (χ1v) is 5.21. The number of alkyl carbamates (subject to hydrolysis) is 1. The predicted octanol–water partition coefficient (Wildman–Crippen LogP) is 1.45. The van der Waals surface area contributed by atoms with Gasteiger partial charge in [0.05, 0.1) is 6.42 Å². The first kappa shape index (κ1) is 11.5. The molecule has 0 aromatic carbocycles. The van der Waals surface area contributed by atoms with Crippen molar-refractivity contribution < 1.29 is 19.4 Å². The third-order valence-corrected chi connectivity index (χ3v) is 2.38. The number of hydrogen-bond donors (Lipinski definition) is 2. The molecule has 0 aliphatic carbocycles. The Hall–Kier alpha value is -1.56. The molecule has 5 nitrogen and oxygen atoms in total. The molecule has 2 N–H and O–H groups in total. The van der Waals surface area contributed by atoms with Crippen molar-refractivity contribution in [3.63, 3.8) is 0 Å². The highest BCUT2D eigenvalue weighted by molar-refractivity contribution is 7.09. The van der Waals surface area contributed by atoms with E-state index in [1.165, 1.54) is 11.3 Å². The molecule has 1 rings (SSSR count). The molecule has 0 aliphatic rings. The van der Waals surface area contributed by atoms with Crippen molar-refractivity contribution >= 4 is 23.4 Å². The topological polar surface area (TPSA) is 75.6 Å². The first-order chi connectivity index (χ1) is 7.18. The van der Waals surface area contributed by atoms with Crippen LogP contribution in [-0.2, 0) is 16.1 Å². The number of rotatable bonds is 5. The van der Waals surface area contributed by atoms with Crippen molar-refractivity contribution in [2.45, 2.75) is 13.0 Å². The summed E-state index contributed by atoms with van der Waals surface area (Å²) >= 11 is 1.49. The third-order valence-electron chi connectivity index (χ3n) is 1.53. The second-order valence-electron chi connectivity index (χ2n) is 2.73. The Morgan fingerprint density at radius 3 is 2.93 bits per heavy atom.